The van der Waals surface area contributed by atoms with Gasteiger partial charge in [-0.3, -0.25) is 4.79 Å². The number of carbonyl (C=O) groups excluding carboxylic acids is 1. The van der Waals surface area contributed by atoms with Gasteiger partial charge in [-0.1, -0.05) is 30.3 Å². The molecule has 1 fully saturated rings. The molecule has 0 aliphatic carbocycles. The van der Waals surface area contributed by atoms with Crippen LogP contribution in [0.4, 0.5) is 18.9 Å². The van der Waals surface area contributed by atoms with E-state index in [0.717, 1.165) is 6.42 Å². The number of aliphatic imine (C=N–C) groups is 1. The molecule has 2 aromatic rings. The molecule has 0 unspecified atom stereocenters. The van der Waals surface area contributed by atoms with Crippen molar-refractivity contribution in [3.05, 3.63) is 71.4 Å². The van der Waals surface area contributed by atoms with E-state index in [-0.39, 0.29) is 12.2 Å². The minimum atomic E-state index is -4.81. The largest absolute Gasteiger partial charge is 0.496 e. The van der Waals surface area contributed by atoms with E-state index < -0.39 is 29.8 Å². The van der Waals surface area contributed by atoms with Gasteiger partial charge in [-0.2, -0.15) is 13.2 Å². The molecule has 0 bridgehead atoms. The summed E-state index contributed by atoms with van der Waals surface area (Å²) in [6.07, 6.45) is -4.13. The van der Waals surface area contributed by atoms with E-state index >= 15 is 0 Å². The normalized spacial score (nSPS) is 15.9. The van der Waals surface area contributed by atoms with Gasteiger partial charge in [-0.05, 0) is 30.7 Å². The van der Waals surface area contributed by atoms with Crippen LogP contribution in [-0.4, -0.2) is 38.1 Å². The van der Waals surface area contributed by atoms with E-state index in [9.17, 15) is 18.0 Å². The second-order valence-corrected chi connectivity index (χ2v) is 7.11. The van der Waals surface area contributed by atoms with Gasteiger partial charge in [-0.15, -0.1) is 0 Å². The fourth-order valence-corrected chi connectivity index (χ4v) is 3.05. The molecule has 1 amide bonds. The number of nitrogens with zero attached hydrogens (tertiary/aromatic N) is 1. The highest BCUT2D eigenvalue weighted by Crippen LogP contribution is 2.27. The fraction of sp³-hybridized carbons (Fsp3) is 0.304. The number of methoxy groups -OCH3 is 1. The van der Waals surface area contributed by atoms with E-state index in [1.807, 2.05) is 0 Å². The number of hydrogen-bond donors (Lipinski definition) is 2. The summed E-state index contributed by atoms with van der Waals surface area (Å²) in [6, 6.07) is 13.5. The van der Waals surface area contributed by atoms with Crippen molar-refractivity contribution in [3.63, 3.8) is 0 Å². The summed E-state index contributed by atoms with van der Waals surface area (Å²) in [4.78, 5) is 16.9. The van der Waals surface area contributed by atoms with Crippen molar-refractivity contribution in [2.45, 2.75) is 25.4 Å². The Hall–Kier alpha value is -3.37. The van der Waals surface area contributed by atoms with Crippen molar-refractivity contribution in [1.82, 2.24) is 5.32 Å². The van der Waals surface area contributed by atoms with Crippen LogP contribution in [0.5, 0.6) is 5.75 Å². The zero-order chi connectivity index (χ0) is 23.8. The lowest BCUT2D eigenvalue weighted by Gasteiger charge is -2.23. The third-order valence-electron chi connectivity index (χ3n) is 4.70. The van der Waals surface area contributed by atoms with Crippen LogP contribution in [0.2, 0.25) is 0 Å². The second kappa shape index (κ2) is 11.0. The van der Waals surface area contributed by atoms with Gasteiger partial charge >= 0.3 is 6.18 Å². The van der Waals surface area contributed by atoms with Crippen LogP contribution in [-0.2, 0) is 20.8 Å². The maximum atomic E-state index is 13.0. The summed E-state index contributed by atoms with van der Waals surface area (Å²) in [5.41, 5.74) is 4.75. The van der Waals surface area contributed by atoms with Crippen LogP contribution in [0.15, 0.2) is 65.3 Å². The molecule has 1 heterocycles. The molecule has 0 aromatic heterocycles. The predicted molar refractivity (Wildman–Crippen MR) is 116 cm³/mol. The fourth-order valence-electron chi connectivity index (χ4n) is 3.05. The zero-order valence-corrected chi connectivity index (χ0v) is 17.9. The molecule has 2 aromatic carbocycles. The van der Waals surface area contributed by atoms with E-state index in [1.54, 1.807) is 48.5 Å². The van der Waals surface area contributed by atoms with E-state index in [2.05, 4.69) is 10.3 Å². The van der Waals surface area contributed by atoms with Crippen molar-refractivity contribution in [1.29, 1.82) is 0 Å². The summed E-state index contributed by atoms with van der Waals surface area (Å²) in [7, 11) is 1.48. The molecule has 0 spiro atoms. The number of ether oxygens (including phenoxy) is 3. The number of nitrogens with one attached hydrogen (secondary N) is 1. The number of alkyl halides is 3. The molecule has 10 heteroatoms. The Morgan fingerprint density at radius 2 is 1.94 bits per heavy atom. The molecule has 0 saturated carbocycles. The lowest BCUT2D eigenvalue weighted by Crippen LogP contribution is -2.31. The number of benzene rings is 2. The number of nitrogens with two attached hydrogens (primary N) is 1. The smallest absolute Gasteiger partial charge is 0.430 e. The lowest BCUT2D eigenvalue weighted by molar-refractivity contribution is -0.183. The Balaban J connectivity index is 1.88. The molecule has 1 saturated heterocycles. The molecule has 3 N–H and O–H groups in total. The van der Waals surface area contributed by atoms with Crippen molar-refractivity contribution in [2.24, 2.45) is 10.7 Å². The average molecular weight is 463 g/mol. The molecule has 7 nitrogen and oxygen atoms in total. The van der Waals surface area contributed by atoms with Gasteiger partial charge in [0.15, 0.2) is 6.29 Å². The first-order chi connectivity index (χ1) is 15.8. The van der Waals surface area contributed by atoms with Gasteiger partial charge in [0.2, 0.25) is 0 Å². The number of carbonyl (C=O) groups is 1. The van der Waals surface area contributed by atoms with Crippen molar-refractivity contribution in [3.8, 4) is 5.75 Å². The summed E-state index contributed by atoms with van der Waals surface area (Å²) >= 11 is 0. The average Bonchev–Trinajstić information content (AvgIpc) is 2.82. The molecule has 33 heavy (non-hydrogen) atoms. The summed E-state index contributed by atoms with van der Waals surface area (Å²) in [5, 5.41) is 2.56. The number of para-hydroxylation sites is 1. The van der Waals surface area contributed by atoms with Crippen LogP contribution < -0.4 is 15.8 Å². The Morgan fingerprint density at radius 1 is 1.21 bits per heavy atom. The highest BCUT2D eigenvalue weighted by atomic mass is 19.4. The molecular weight excluding hydrogens is 439 g/mol. The number of rotatable bonds is 7. The standard InChI is InChI=1S/C23H24F3N3O4/c1-31-19-9-3-2-6-16(19)14-28-21(30)18(13-20(27)23(24,25)26)29-17-8-4-7-15(12-17)22-32-10-5-11-33-22/h2-4,6-9,12-13,22H,5,10-11,14,27H2,1H3,(H,28,30)/b20-13-,29-18?. The van der Waals surface area contributed by atoms with Crippen LogP contribution >= 0.6 is 0 Å². The monoisotopic (exact) mass is 463 g/mol. The Bertz CT molecular complexity index is 1030. The minimum absolute atomic E-state index is 0.0193. The highest BCUT2D eigenvalue weighted by molar-refractivity contribution is 6.44. The summed E-state index contributed by atoms with van der Waals surface area (Å²) < 4.78 is 55.4. The topological polar surface area (TPSA) is 95.2 Å². The lowest BCUT2D eigenvalue weighted by atomic mass is 10.1. The van der Waals surface area contributed by atoms with Crippen LogP contribution in [0, 0.1) is 0 Å². The van der Waals surface area contributed by atoms with Gasteiger partial charge in [0, 0.05) is 17.7 Å². The SMILES string of the molecule is COc1ccccc1CNC(=O)C(/C=C(\N)C(F)(F)F)=Nc1cccc(C2OCCCO2)c1. The number of halogens is 3. The second-order valence-electron chi connectivity index (χ2n) is 7.11. The van der Waals surface area contributed by atoms with E-state index in [0.29, 0.717) is 36.2 Å². The summed E-state index contributed by atoms with van der Waals surface area (Å²) in [5.74, 6) is -0.300. The van der Waals surface area contributed by atoms with Gasteiger partial charge in [0.1, 0.15) is 17.2 Å². The number of hydrogen-bond acceptors (Lipinski definition) is 6. The van der Waals surface area contributed by atoms with Crippen LogP contribution in [0.1, 0.15) is 23.8 Å². The number of amides is 1. The first-order valence-electron chi connectivity index (χ1n) is 10.1. The van der Waals surface area contributed by atoms with Gasteiger partial charge in [-0.25, -0.2) is 4.99 Å². The maximum Gasteiger partial charge on any atom is 0.430 e. The van der Waals surface area contributed by atoms with Gasteiger partial charge in [0.05, 0.1) is 26.0 Å². The van der Waals surface area contributed by atoms with E-state index in [4.69, 9.17) is 19.9 Å². The molecule has 0 atom stereocenters. The Kier molecular flexibility index (Phi) is 8.07. The first kappa shape index (κ1) is 24.3. The molecule has 0 radical (unpaired) electrons. The van der Waals surface area contributed by atoms with Crippen molar-refractivity contribution in [2.75, 3.05) is 20.3 Å². The number of allylic oxidation sites excluding steroid dienone is 1. The summed E-state index contributed by atoms with van der Waals surface area (Å²) in [6.45, 7) is 1.07. The van der Waals surface area contributed by atoms with E-state index in [1.165, 1.54) is 7.11 Å². The Morgan fingerprint density at radius 3 is 2.64 bits per heavy atom. The highest BCUT2D eigenvalue weighted by Gasteiger charge is 2.32. The minimum Gasteiger partial charge on any atom is -0.496 e. The molecule has 1 aliphatic heterocycles. The third kappa shape index (κ3) is 6.80. The predicted octanol–water partition coefficient (Wildman–Crippen LogP) is 3.92. The molecule has 3 rings (SSSR count). The molecule has 1 aliphatic rings. The van der Waals surface area contributed by atoms with Gasteiger partial charge < -0.3 is 25.3 Å². The van der Waals surface area contributed by atoms with Crippen LogP contribution in [0.3, 0.4) is 0 Å². The third-order valence-corrected chi connectivity index (χ3v) is 4.70. The first-order valence-corrected chi connectivity index (χ1v) is 10.1. The van der Waals surface area contributed by atoms with Crippen LogP contribution in [0.25, 0.3) is 0 Å². The Labute approximate surface area is 189 Å². The van der Waals surface area contributed by atoms with Crippen molar-refractivity contribution >= 4 is 17.3 Å². The quantitative estimate of drug-likeness (QED) is 0.607. The maximum absolute atomic E-state index is 13.0. The molecule has 176 valence electrons. The zero-order valence-electron chi connectivity index (χ0n) is 17.9. The molecular formula is C23H24F3N3O4. The van der Waals surface area contributed by atoms with Gasteiger partial charge in [0.25, 0.3) is 5.91 Å². The van der Waals surface area contributed by atoms with Crippen molar-refractivity contribution < 1.29 is 32.2 Å².